The van der Waals surface area contributed by atoms with Gasteiger partial charge in [-0.2, -0.15) is 8.78 Å². The number of halogens is 4. The predicted molar refractivity (Wildman–Crippen MR) is 80.3 cm³/mol. The number of benzene rings is 2. The fourth-order valence-electron chi connectivity index (χ4n) is 1.56. The molecule has 4 nitrogen and oxygen atoms in total. The Bertz CT molecular complexity index is 767. The second-order valence-electron chi connectivity index (χ2n) is 4.08. The van der Waals surface area contributed by atoms with Crippen molar-refractivity contribution in [3.05, 3.63) is 52.5 Å². The molecule has 0 amide bonds. The number of rotatable bonds is 5. The molecule has 22 heavy (non-hydrogen) atoms. The summed E-state index contributed by atoms with van der Waals surface area (Å²) >= 11 is 11.5. The summed E-state index contributed by atoms with van der Waals surface area (Å²) < 4.78 is 54.8. The van der Waals surface area contributed by atoms with E-state index in [4.69, 9.17) is 23.2 Å². The average Bonchev–Trinajstić information content (AvgIpc) is 2.43. The number of nitrogens with one attached hydrogen (secondary N) is 1. The Labute approximate surface area is 135 Å². The maximum absolute atomic E-state index is 12.2. The molecule has 0 heterocycles. The Morgan fingerprint density at radius 3 is 2.18 bits per heavy atom. The third-order valence-corrected chi connectivity index (χ3v) is 4.65. The van der Waals surface area contributed by atoms with E-state index in [0.717, 1.165) is 0 Å². The van der Waals surface area contributed by atoms with E-state index >= 15 is 0 Å². The summed E-state index contributed by atoms with van der Waals surface area (Å²) in [6, 6.07) is 8.90. The Morgan fingerprint density at radius 2 is 1.64 bits per heavy atom. The van der Waals surface area contributed by atoms with Crippen molar-refractivity contribution in [2.24, 2.45) is 0 Å². The first kappa shape index (κ1) is 16.8. The highest BCUT2D eigenvalue weighted by Gasteiger charge is 2.16. The largest absolute Gasteiger partial charge is 0.435 e. The standard InChI is InChI=1S/C13H9Cl2F2NO3S/c14-11-6-5-10(7-12(11)15)22(19,20)18-8-1-3-9(4-2-8)21-13(16)17/h1-7,13,18H. The molecule has 0 atom stereocenters. The van der Waals surface area contributed by atoms with Gasteiger partial charge in [0.15, 0.2) is 0 Å². The summed E-state index contributed by atoms with van der Waals surface area (Å²) in [7, 11) is -3.87. The van der Waals surface area contributed by atoms with Crippen LogP contribution in [0, 0.1) is 0 Å². The van der Waals surface area contributed by atoms with E-state index in [1.165, 1.54) is 42.5 Å². The van der Waals surface area contributed by atoms with Crippen LogP contribution in [-0.2, 0) is 10.0 Å². The first-order chi connectivity index (χ1) is 10.3. The van der Waals surface area contributed by atoms with Crippen LogP contribution in [-0.4, -0.2) is 15.0 Å². The van der Waals surface area contributed by atoms with Crippen molar-refractivity contribution in [1.82, 2.24) is 0 Å². The van der Waals surface area contributed by atoms with Crippen molar-refractivity contribution in [3.8, 4) is 5.75 Å². The van der Waals surface area contributed by atoms with E-state index in [9.17, 15) is 17.2 Å². The number of alkyl halides is 2. The van der Waals surface area contributed by atoms with Crippen LogP contribution < -0.4 is 9.46 Å². The van der Waals surface area contributed by atoms with Gasteiger partial charge in [0.05, 0.1) is 14.9 Å². The molecule has 0 radical (unpaired) electrons. The van der Waals surface area contributed by atoms with E-state index in [-0.39, 0.29) is 26.4 Å². The second-order valence-corrected chi connectivity index (χ2v) is 6.58. The molecule has 0 bridgehead atoms. The number of hydrogen-bond acceptors (Lipinski definition) is 3. The van der Waals surface area contributed by atoms with Crippen LogP contribution in [0.15, 0.2) is 47.4 Å². The van der Waals surface area contributed by atoms with Crippen molar-refractivity contribution >= 4 is 38.9 Å². The lowest BCUT2D eigenvalue weighted by Crippen LogP contribution is -2.13. The SMILES string of the molecule is O=S(=O)(Nc1ccc(OC(F)F)cc1)c1ccc(Cl)c(Cl)c1. The summed E-state index contributed by atoms with van der Waals surface area (Å²) in [4.78, 5) is -0.0743. The Kier molecular flexibility index (Phi) is 5.10. The molecule has 0 saturated carbocycles. The van der Waals surface area contributed by atoms with Crippen molar-refractivity contribution in [2.75, 3.05) is 4.72 Å². The highest BCUT2D eigenvalue weighted by atomic mass is 35.5. The molecule has 0 unspecified atom stereocenters. The van der Waals surface area contributed by atoms with E-state index in [1.54, 1.807) is 0 Å². The molecule has 0 aromatic heterocycles. The third-order valence-electron chi connectivity index (χ3n) is 2.53. The monoisotopic (exact) mass is 367 g/mol. The molecule has 0 aliphatic carbocycles. The van der Waals surface area contributed by atoms with Gasteiger partial charge in [-0.05, 0) is 42.5 Å². The van der Waals surface area contributed by atoms with E-state index in [2.05, 4.69) is 9.46 Å². The molecule has 0 aliphatic rings. The molecule has 2 aromatic carbocycles. The van der Waals surface area contributed by atoms with Crippen LogP contribution in [0.3, 0.4) is 0 Å². The second kappa shape index (κ2) is 6.68. The van der Waals surface area contributed by atoms with Crippen LogP contribution in [0.25, 0.3) is 0 Å². The van der Waals surface area contributed by atoms with Crippen LogP contribution in [0.2, 0.25) is 10.0 Å². The van der Waals surface area contributed by atoms with E-state index in [0.29, 0.717) is 0 Å². The average molecular weight is 368 g/mol. The lowest BCUT2D eigenvalue weighted by atomic mass is 10.3. The Hall–Kier alpha value is -1.57. The minimum Gasteiger partial charge on any atom is -0.435 e. The molecule has 0 aliphatic heterocycles. The van der Waals surface area contributed by atoms with Gasteiger partial charge in [0.2, 0.25) is 0 Å². The molecular formula is C13H9Cl2F2NO3S. The number of sulfonamides is 1. The summed E-state index contributed by atoms with van der Waals surface area (Å²) in [5, 5.41) is 0.333. The first-order valence-electron chi connectivity index (χ1n) is 5.81. The summed E-state index contributed by atoms with van der Waals surface area (Å²) in [5.74, 6) is -0.0764. The zero-order chi connectivity index (χ0) is 16.3. The van der Waals surface area contributed by atoms with Gasteiger partial charge >= 0.3 is 6.61 Å². The Morgan fingerprint density at radius 1 is 1.00 bits per heavy atom. The molecular weight excluding hydrogens is 359 g/mol. The lowest BCUT2D eigenvalue weighted by Gasteiger charge is -2.10. The van der Waals surface area contributed by atoms with Crippen molar-refractivity contribution in [3.63, 3.8) is 0 Å². The highest BCUT2D eigenvalue weighted by Crippen LogP contribution is 2.26. The smallest absolute Gasteiger partial charge is 0.387 e. The Balaban J connectivity index is 2.19. The van der Waals surface area contributed by atoms with Gasteiger partial charge < -0.3 is 4.74 Å². The van der Waals surface area contributed by atoms with Crippen LogP contribution in [0.5, 0.6) is 5.75 Å². The van der Waals surface area contributed by atoms with Crippen molar-refractivity contribution in [1.29, 1.82) is 0 Å². The molecule has 0 spiro atoms. The quantitative estimate of drug-likeness (QED) is 0.852. The maximum Gasteiger partial charge on any atom is 0.387 e. The molecule has 118 valence electrons. The van der Waals surface area contributed by atoms with Crippen LogP contribution >= 0.6 is 23.2 Å². The minimum absolute atomic E-state index is 0.0743. The molecule has 1 N–H and O–H groups in total. The summed E-state index contributed by atoms with van der Waals surface area (Å²) in [6.45, 7) is -2.95. The molecule has 2 rings (SSSR count). The molecule has 9 heteroatoms. The van der Waals surface area contributed by atoms with Gasteiger partial charge in [0.25, 0.3) is 10.0 Å². The van der Waals surface area contributed by atoms with Gasteiger partial charge in [-0.3, -0.25) is 4.72 Å². The van der Waals surface area contributed by atoms with Gasteiger partial charge in [-0.1, -0.05) is 23.2 Å². The number of hydrogen-bond donors (Lipinski definition) is 1. The topological polar surface area (TPSA) is 55.4 Å². The lowest BCUT2D eigenvalue weighted by molar-refractivity contribution is -0.0498. The number of anilines is 1. The summed E-state index contributed by atoms with van der Waals surface area (Å²) in [5.41, 5.74) is 0.188. The highest BCUT2D eigenvalue weighted by molar-refractivity contribution is 7.92. The van der Waals surface area contributed by atoms with Crippen LogP contribution in [0.1, 0.15) is 0 Å². The zero-order valence-electron chi connectivity index (χ0n) is 10.8. The molecule has 0 saturated heterocycles. The van der Waals surface area contributed by atoms with Gasteiger partial charge in [-0.25, -0.2) is 8.42 Å². The minimum atomic E-state index is -3.87. The normalized spacial score (nSPS) is 11.5. The van der Waals surface area contributed by atoms with Gasteiger partial charge in [0.1, 0.15) is 5.75 Å². The van der Waals surface area contributed by atoms with Gasteiger partial charge in [-0.15, -0.1) is 0 Å². The fraction of sp³-hybridized carbons (Fsp3) is 0.0769. The first-order valence-corrected chi connectivity index (χ1v) is 8.04. The van der Waals surface area contributed by atoms with Crippen LogP contribution in [0.4, 0.5) is 14.5 Å². The van der Waals surface area contributed by atoms with Crippen molar-refractivity contribution < 1.29 is 21.9 Å². The van der Waals surface area contributed by atoms with E-state index in [1.807, 2.05) is 0 Å². The summed E-state index contributed by atoms with van der Waals surface area (Å²) in [6.07, 6.45) is 0. The number of ether oxygens (including phenoxy) is 1. The predicted octanol–water partition coefficient (Wildman–Crippen LogP) is 4.40. The van der Waals surface area contributed by atoms with Crippen molar-refractivity contribution in [2.45, 2.75) is 11.5 Å². The molecule has 0 fully saturated rings. The molecule has 2 aromatic rings. The van der Waals surface area contributed by atoms with Gasteiger partial charge in [0, 0.05) is 5.69 Å². The maximum atomic E-state index is 12.2. The third kappa shape index (κ3) is 4.22. The zero-order valence-corrected chi connectivity index (χ0v) is 13.1. The van der Waals surface area contributed by atoms with E-state index < -0.39 is 16.6 Å². The fourth-order valence-corrected chi connectivity index (χ4v) is 3.01.